The largest absolute Gasteiger partial charge is 0.356 e. The van der Waals surface area contributed by atoms with Gasteiger partial charge >= 0.3 is 0 Å². The standard InChI is InChI=1S/C32H64N2/c1-5-7-9-11-13-15-17-18-19-21-23-25-27-32-33(29-30-34(32)31(3)4)28-26-24-22-20-16-14-12-10-8-6-2/h29-32H,5-28H2,1-4H3. The van der Waals surface area contributed by atoms with Crippen molar-refractivity contribution in [3.63, 3.8) is 0 Å². The third-order valence-electron chi connectivity index (χ3n) is 7.84. The molecular weight excluding hydrogens is 412 g/mol. The Morgan fingerprint density at radius 2 is 0.882 bits per heavy atom. The summed E-state index contributed by atoms with van der Waals surface area (Å²) < 4.78 is 0. The minimum atomic E-state index is 0.608. The van der Waals surface area contributed by atoms with Gasteiger partial charge in [-0.05, 0) is 33.1 Å². The highest BCUT2D eigenvalue weighted by molar-refractivity contribution is 4.98. The topological polar surface area (TPSA) is 6.48 Å². The molecule has 0 spiro atoms. The summed E-state index contributed by atoms with van der Waals surface area (Å²) in [6.07, 6.45) is 38.2. The van der Waals surface area contributed by atoms with Crippen LogP contribution in [0.2, 0.25) is 0 Å². The maximum atomic E-state index is 2.66. The highest BCUT2D eigenvalue weighted by Crippen LogP contribution is 2.25. The predicted octanol–water partition coefficient (Wildman–Crippen LogP) is 10.8. The molecule has 1 unspecified atom stereocenters. The zero-order valence-corrected chi connectivity index (χ0v) is 24.2. The van der Waals surface area contributed by atoms with Crippen LogP contribution in [-0.4, -0.2) is 28.6 Å². The Kier molecular flexibility index (Phi) is 21.0. The summed E-state index contributed by atoms with van der Waals surface area (Å²) in [7, 11) is 0. The molecule has 0 aromatic carbocycles. The molecule has 0 N–H and O–H groups in total. The van der Waals surface area contributed by atoms with Crippen molar-refractivity contribution < 1.29 is 0 Å². The summed E-state index contributed by atoms with van der Waals surface area (Å²) in [5.41, 5.74) is 0. The number of hydrogen-bond acceptors (Lipinski definition) is 2. The molecule has 1 rings (SSSR count). The quantitative estimate of drug-likeness (QED) is 0.121. The second-order valence-corrected chi connectivity index (χ2v) is 11.4. The summed E-state index contributed by atoms with van der Waals surface area (Å²) in [6, 6.07) is 0.608. The lowest BCUT2D eigenvalue weighted by atomic mass is 10.0. The van der Waals surface area contributed by atoms with E-state index in [4.69, 9.17) is 0 Å². The molecule has 1 aliphatic rings. The van der Waals surface area contributed by atoms with E-state index in [2.05, 4.69) is 49.9 Å². The molecule has 2 heteroatoms. The summed E-state index contributed by atoms with van der Waals surface area (Å²) in [6.45, 7) is 10.6. The van der Waals surface area contributed by atoms with Gasteiger partial charge in [-0.2, -0.15) is 0 Å². The van der Waals surface area contributed by atoms with Crippen LogP contribution in [0, 0.1) is 0 Å². The van der Waals surface area contributed by atoms with Crippen molar-refractivity contribution in [3.05, 3.63) is 12.4 Å². The van der Waals surface area contributed by atoms with E-state index in [0.29, 0.717) is 12.2 Å². The second kappa shape index (κ2) is 22.8. The van der Waals surface area contributed by atoms with Crippen LogP contribution in [0.4, 0.5) is 0 Å². The minimum absolute atomic E-state index is 0.608. The summed E-state index contributed by atoms with van der Waals surface area (Å²) in [5, 5.41) is 0. The molecule has 1 atom stereocenters. The van der Waals surface area contributed by atoms with E-state index in [0.717, 1.165) is 0 Å². The number of hydrogen-bond donors (Lipinski definition) is 0. The molecule has 0 aromatic rings. The van der Waals surface area contributed by atoms with Gasteiger partial charge in [0, 0.05) is 25.0 Å². The fourth-order valence-electron chi connectivity index (χ4n) is 5.54. The fourth-order valence-corrected chi connectivity index (χ4v) is 5.54. The number of unbranched alkanes of at least 4 members (excludes halogenated alkanes) is 20. The Bertz CT molecular complexity index is 444. The summed E-state index contributed by atoms with van der Waals surface area (Å²) in [4.78, 5) is 5.26. The van der Waals surface area contributed by atoms with E-state index < -0.39 is 0 Å². The Labute approximate surface area is 216 Å². The maximum absolute atomic E-state index is 2.66. The van der Waals surface area contributed by atoms with Gasteiger partial charge in [-0.1, -0.05) is 142 Å². The lowest BCUT2D eigenvalue weighted by Gasteiger charge is -2.35. The fraction of sp³-hybridized carbons (Fsp3) is 0.938. The van der Waals surface area contributed by atoms with Crippen LogP contribution in [0.15, 0.2) is 12.4 Å². The zero-order chi connectivity index (χ0) is 24.7. The molecular formula is C32H64N2. The van der Waals surface area contributed by atoms with E-state index in [1.807, 2.05) is 0 Å². The summed E-state index contributed by atoms with van der Waals surface area (Å²) in [5.74, 6) is 0. The lowest BCUT2D eigenvalue weighted by Crippen LogP contribution is -2.42. The van der Waals surface area contributed by atoms with E-state index in [-0.39, 0.29) is 0 Å². The van der Waals surface area contributed by atoms with Crippen molar-refractivity contribution in [2.75, 3.05) is 6.54 Å². The Balaban J connectivity index is 2.07. The van der Waals surface area contributed by atoms with E-state index in [1.165, 1.54) is 154 Å². The molecule has 0 aliphatic carbocycles. The van der Waals surface area contributed by atoms with Gasteiger partial charge in [0.05, 0.1) is 0 Å². The van der Waals surface area contributed by atoms with Gasteiger partial charge in [0.2, 0.25) is 0 Å². The van der Waals surface area contributed by atoms with Crippen LogP contribution in [0.1, 0.15) is 175 Å². The number of rotatable bonds is 25. The monoisotopic (exact) mass is 477 g/mol. The molecule has 1 aliphatic heterocycles. The highest BCUT2D eigenvalue weighted by atomic mass is 15.4. The maximum Gasteiger partial charge on any atom is 0.101 e. The molecule has 1 heterocycles. The third kappa shape index (κ3) is 16.1. The average Bonchev–Trinajstić information content (AvgIpc) is 3.24. The first-order valence-corrected chi connectivity index (χ1v) is 15.9. The van der Waals surface area contributed by atoms with Gasteiger partial charge in [0.15, 0.2) is 0 Å². The van der Waals surface area contributed by atoms with Crippen LogP contribution < -0.4 is 0 Å². The van der Waals surface area contributed by atoms with Crippen LogP contribution in [0.3, 0.4) is 0 Å². The highest BCUT2D eigenvalue weighted by Gasteiger charge is 2.26. The van der Waals surface area contributed by atoms with Crippen molar-refractivity contribution in [3.8, 4) is 0 Å². The molecule has 0 bridgehead atoms. The van der Waals surface area contributed by atoms with Crippen LogP contribution >= 0.6 is 0 Å². The smallest absolute Gasteiger partial charge is 0.101 e. The van der Waals surface area contributed by atoms with Gasteiger partial charge in [-0.25, -0.2) is 0 Å². The van der Waals surface area contributed by atoms with Crippen LogP contribution in [0.25, 0.3) is 0 Å². The van der Waals surface area contributed by atoms with Crippen molar-refractivity contribution in [1.82, 2.24) is 9.80 Å². The lowest BCUT2D eigenvalue weighted by molar-refractivity contribution is 0.114. The molecule has 34 heavy (non-hydrogen) atoms. The van der Waals surface area contributed by atoms with Crippen molar-refractivity contribution in [2.45, 2.75) is 188 Å². The summed E-state index contributed by atoms with van der Waals surface area (Å²) >= 11 is 0. The van der Waals surface area contributed by atoms with Gasteiger partial charge in [-0.3, -0.25) is 0 Å². The molecule has 0 fully saturated rings. The predicted molar refractivity (Wildman–Crippen MR) is 154 cm³/mol. The molecule has 0 amide bonds. The van der Waals surface area contributed by atoms with Crippen LogP contribution in [-0.2, 0) is 0 Å². The van der Waals surface area contributed by atoms with Gasteiger partial charge < -0.3 is 9.80 Å². The van der Waals surface area contributed by atoms with E-state index in [9.17, 15) is 0 Å². The van der Waals surface area contributed by atoms with Gasteiger partial charge in [-0.15, -0.1) is 0 Å². The van der Waals surface area contributed by atoms with Gasteiger partial charge in [0.25, 0.3) is 0 Å². The normalized spacial score (nSPS) is 15.9. The molecule has 202 valence electrons. The minimum Gasteiger partial charge on any atom is -0.356 e. The van der Waals surface area contributed by atoms with Crippen molar-refractivity contribution in [2.24, 2.45) is 0 Å². The molecule has 0 saturated carbocycles. The van der Waals surface area contributed by atoms with E-state index >= 15 is 0 Å². The van der Waals surface area contributed by atoms with Crippen molar-refractivity contribution >= 4 is 0 Å². The first-order chi connectivity index (χ1) is 16.7. The average molecular weight is 477 g/mol. The molecule has 2 nitrogen and oxygen atoms in total. The Morgan fingerprint density at radius 3 is 1.29 bits per heavy atom. The Hall–Kier alpha value is -0.660. The second-order valence-electron chi connectivity index (χ2n) is 11.4. The van der Waals surface area contributed by atoms with Gasteiger partial charge in [0.1, 0.15) is 6.17 Å². The van der Waals surface area contributed by atoms with E-state index in [1.54, 1.807) is 0 Å². The zero-order valence-electron chi connectivity index (χ0n) is 24.2. The Morgan fingerprint density at radius 1 is 0.500 bits per heavy atom. The molecule has 0 aromatic heterocycles. The molecule has 0 radical (unpaired) electrons. The first-order valence-electron chi connectivity index (χ1n) is 15.9. The van der Waals surface area contributed by atoms with Crippen LogP contribution in [0.5, 0.6) is 0 Å². The third-order valence-corrected chi connectivity index (χ3v) is 7.84. The first kappa shape index (κ1) is 31.4. The number of nitrogens with zero attached hydrogens (tertiary/aromatic N) is 2. The molecule has 0 saturated heterocycles. The van der Waals surface area contributed by atoms with Crippen molar-refractivity contribution in [1.29, 1.82) is 0 Å². The SMILES string of the molecule is CCCCCCCCCCCCCCC1N(CCCCCCCCCCCC)C=CN1C(C)C.